The normalized spacial score (nSPS) is 10.5. The summed E-state index contributed by atoms with van der Waals surface area (Å²) in [6.07, 6.45) is 0. The monoisotopic (exact) mass is 262 g/mol. The Morgan fingerprint density at radius 3 is 2.62 bits per heavy atom. The lowest BCUT2D eigenvalue weighted by atomic mass is 10.2. The van der Waals surface area contributed by atoms with Crippen molar-refractivity contribution in [2.24, 2.45) is 0 Å². The van der Waals surface area contributed by atoms with Crippen LogP contribution in [0.3, 0.4) is 0 Å². The minimum absolute atomic E-state index is 0.0865. The van der Waals surface area contributed by atoms with Crippen molar-refractivity contribution >= 4 is 38.3 Å². The Kier molecular flexibility index (Phi) is 3.44. The summed E-state index contributed by atoms with van der Waals surface area (Å²) in [5, 5.41) is 3.31. The van der Waals surface area contributed by atoms with E-state index >= 15 is 0 Å². The van der Waals surface area contributed by atoms with Crippen LogP contribution in [0.25, 0.3) is 0 Å². The predicted molar refractivity (Wildman–Crippen MR) is 58.2 cm³/mol. The first kappa shape index (κ1) is 10.7. The first-order valence-corrected chi connectivity index (χ1v) is 5.55. The molecular formula is C8H11BrN2OS. The Balaban J connectivity index is 2.88. The van der Waals surface area contributed by atoms with Crippen LogP contribution in [0, 0.1) is 0 Å². The molecule has 1 rings (SSSR count). The molecule has 0 fully saturated rings. The van der Waals surface area contributed by atoms with Gasteiger partial charge in [0, 0.05) is 6.92 Å². The number of halogens is 1. The second-order valence-corrected chi connectivity index (χ2v) is 5.33. The average molecular weight is 263 g/mol. The molecule has 1 aromatic rings. The molecule has 0 aliphatic rings. The van der Waals surface area contributed by atoms with Crippen molar-refractivity contribution < 1.29 is 4.79 Å². The van der Waals surface area contributed by atoms with E-state index in [4.69, 9.17) is 0 Å². The molecule has 13 heavy (non-hydrogen) atoms. The zero-order chi connectivity index (χ0) is 10.0. The molecule has 1 aromatic heterocycles. The summed E-state index contributed by atoms with van der Waals surface area (Å²) in [5.41, 5.74) is 0.994. The van der Waals surface area contributed by atoms with Gasteiger partial charge in [-0.2, -0.15) is 0 Å². The fourth-order valence-corrected chi connectivity index (χ4v) is 2.77. The van der Waals surface area contributed by atoms with Gasteiger partial charge in [0.05, 0.1) is 9.48 Å². The summed E-state index contributed by atoms with van der Waals surface area (Å²) in [5.74, 6) is 0.282. The van der Waals surface area contributed by atoms with Gasteiger partial charge in [0.25, 0.3) is 0 Å². The quantitative estimate of drug-likeness (QED) is 0.891. The summed E-state index contributed by atoms with van der Waals surface area (Å²) < 4.78 is 0.992. The molecule has 1 heterocycles. The number of anilines is 1. The number of hydrogen-bond acceptors (Lipinski definition) is 3. The van der Waals surface area contributed by atoms with Crippen LogP contribution in [0.5, 0.6) is 0 Å². The Morgan fingerprint density at radius 2 is 2.23 bits per heavy atom. The molecule has 0 saturated carbocycles. The van der Waals surface area contributed by atoms with Gasteiger partial charge in [0.1, 0.15) is 0 Å². The Bertz CT molecular complexity index is 322. The van der Waals surface area contributed by atoms with Gasteiger partial charge in [-0.25, -0.2) is 4.98 Å². The average Bonchev–Trinajstić information content (AvgIpc) is 2.29. The molecule has 0 aliphatic heterocycles. The number of thiazole rings is 1. The number of hydrogen-bond donors (Lipinski definition) is 1. The van der Waals surface area contributed by atoms with Crippen molar-refractivity contribution in [1.82, 2.24) is 4.98 Å². The predicted octanol–water partition coefficient (Wildman–Crippen LogP) is 2.99. The largest absolute Gasteiger partial charge is 0.302 e. The molecule has 1 amide bonds. The molecule has 0 aliphatic carbocycles. The van der Waals surface area contributed by atoms with Crippen LogP contribution in [-0.2, 0) is 4.79 Å². The van der Waals surface area contributed by atoms with Crippen molar-refractivity contribution in [3.05, 3.63) is 9.48 Å². The molecule has 0 spiro atoms. The van der Waals surface area contributed by atoms with E-state index in [0.29, 0.717) is 11.0 Å². The van der Waals surface area contributed by atoms with Gasteiger partial charge in [-0.3, -0.25) is 4.79 Å². The lowest BCUT2D eigenvalue weighted by Crippen LogP contribution is -2.05. The smallest absolute Gasteiger partial charge is 0.223 e. The van der Waals surface area contributed by atoms with Crippen molar-refractivity contribution in [2.75, 3.05) is 5.32 Å². The lowest BCUT2D eigenvalue weighted by molar-refractivity contribution is -0.114. The first-order valence-electron chi connectivity index (χ1n) is 3.94. The second-order valence-electron chi connectivity index (χ2n) is 3.01. The number of aromatic nitrogens is 1. The minimum Gasteiger partial charge on any atom is -0.302 e. The number of carbonyl (C=O) groups excluding carboxylic acids is 1. The Labute approximate surface area is 89.7 Å². The highest BCUT2D eigenvalue weighted by Gasteiger charge is 2.12. The first-order chi connectivity index (χ1) is 6.00. The summed E-state index contributed by atoms with van der Waals surface area (Å²) in [7, 11) is 0. The highest BCUT2D eigenvalue weighted by atomic mass is 79.9. The molecule has 0 atom stereocenters. The molecular weight excluding hydrogens is 252 g/mol. The fraction of sp³-hybridized carbons (Fsp3) is 0.500. The number of nitrogens with one attached hydrogen (secondary N) is 1. The van der Waals surface area contributed by atoms with E-state index in [0.717, 1.165) is 9.48 Å². The van der Waals surface area contributed by atoms with E-state index in [2.05, 4.69) is 40.1 Å². The number of rotatable bonds is 2. The van der Waals surface area contributed by atoms with Crippen molar-refractivity contribution in [2.45, 2.75) is 26.7 Å². The van der Waals surface area contributed by atoms with Crippen molar-refractivity contribution in [1.29, 1.82) is 0 Å². The van der Waals surface area contributed by atoms with Crippen LogP contribution in [0.4, 0.5) is 5.13 Å². The molecule has 1 N–H and O–H groups in total. The van der Waals surface area contributed by atoms with E-state index < -0.39 is 0 Å². The maximum atomic E-state index is 10.7. The van der Waals surface area contributed by atoms with E-state index in [9.17, 15) is 4.79 Å². The molecule has 3 nitrogen and oxygen atoms in total. The van der Waals surface area contributed by atoms with Crippen LogP contribution >= 0.6 is 27.3 Å². The van der Waals surface area contributed by atoms with Crippen molar-refractivity contribution in [3.63, 3.8) is 0 Å². The summed E-state index contributed by atoms with van der Waals surface area (Å²) >= 11 is 4.86. The number of nitrogens with zero attached hydrogens (tertiary/aromatic N) is 1. The van der Waals surface area contributed by atoms with E-state index in [-0.39, 0.29) is 5.91 Å². The lowest BCUT2D eigenvalue weighted by Gasteiger charge is -1.98. The van der Waals surface area contributed by atoms with Gasteiger partial charge < -0.3 is 5.32 Å². The van der Waals surface area contributed by atoms with E-state index in [1.807, 2.05) is 0 Å². The maximum Gasteiger partial charge on any atom is 0.223 e. The van der Waals surface area contributed by atoms with Gasteiger partial charge in [0.15, 0.2) is 5.13 Å². The highest BCUT2D eigenvalue weighted by Crippen LogP contribution is 2.32. The molecule has 0 unspecified atom stereocenters. The van der Waals surface area contributed by atoms with Gasteiger partial charge in [-0.15, -0.1) is 0 Å². The van der Waals surface area contributed by atoms with Gasteiger partial charge in [-0.1, -0.05) is 25.2 Å². The molecule has 0 aromatic carbocycles. The Hall–Kier alpha value is -0.420. The molecule has 0 saturated heterocycles. The van der Waals surface area contributed by atoms with Crippen LogP contribution in [0.1, 0.15) is 32.4 Å². The highest BCUT2D eigenvalue weighted by molar-refractivity contribution is 9.11. The second kappa shape index (κ2) is 4.19. The van der Waals surface area contributed by atoms with E-state index in [1.54, 1.807) is 0 Å². The van der Waals surface area contributed by atoms with Gasteiger partial charge >= 0.3 is 0 Å². The van der Waals surface area contributed by atoms with E-state index in [1.165, 1.54) is 18.3 Å². The van der Waals surface area contributed by atoms with Gasteiger partial charge in [0.2, 0.25) is 5.91 Å². The van der Waals surface area contributed by atoms with Gasteiger partial charge in [-0.05, 0) is 21.8 Å². The minimum atomic E-state index is -0.0865. The molecule has 0 radical (unpaired) electrons. The zero-order valence-corrected chi connectivity index (χ0v) is 10.1. The van der Waals surface area contributed by atoms with Crippen LogP contribution in [0.2, 0.25) is 0 Å². The summed E-state index contributed by atoms with van der Waals surface area (Å²) in [4.78, 5) is 15.0. The van der Waals surface area contributed by atoms with Crippen LogP contribution in [0.15, 0.2) is 3.79 Å². The fourth-order valence-electron chi connectivity index (χ4n) is 0.873. The van der Waals surface area contributed by atoms with Crippen molar-refractivity contribution in [3.8, 4) is 0 Å². The summed E-state index contributed by atoms with van der Waals surface area (Å²) in [6.45, 7) is 5.61. The van der Waals surface area contributed by atoms with Crippen LogP contribution in [-0.4, -0.2) is 10.9 Å². The topological polar surface area (TPSA) is 42.0 Å². The zero-order valence-electron chi connectivity index (χ0n) is 7.72. The van der Waals surface area contributed by atoms with Crippen LogP contribution < -0.4 is 5.32 Å². The SMILES string of the molecule is CC(=O)Nc1nc(C(C)C)c(Br)s1. The third-order valence-electron chi connectivity index (χ3n) is 1.44. The maximum absolute atomic E-state index is 10.7. The molecule has 72 valence electrons. The number of carbonyl (C=O) groups is 1. The third-order valence-corrected chi connectivity index (χ3v) is 3.11. The third kappa shape index (κ3) is 2.77. The molecule has 5 heteroatoms. The standard InChI is InChI=1S/C8H11BrN2OS/c1-4(2)6-7(9)13-8(11-6)10-5(3)12/h4H,1-3H3,(H,10,11,12). The Morgan fingerprint density at radius 1 is 1.62 bits per heavy atom. The molecule has 0 bridgehead atoms. The summed E-state index contributed by atoms with van der Waals surface area (Å²) in [6, 6.07) is 0. The number of amides is 1.